The zero-order valence-electron chi connectivity index (χ0n) is 23.4. The number of amides is 1. The van der Waals surface area contributed by atoms with Gasteiger partial charge in [-0.2, -0.15) is 0 Å². The topological polar surface area (TPSA) is 69.6 Å². The largest absolute Gasteiger partial charge is 0.379 e. The van der Waals surface area contributed by atoms with E-state index < -0.39 is 0 Å². The predicted molar refractivity (Wildman–Crippen MR) is 150 cm³/mol. The van der Waals surface area contributed by atoms with E-state index in [9.17, 15) is 13.6 Å². The lowest BCUT2D eigenvalue weighted by Crippen LogP contribution is -2.30. The Bertz CT molecular complexity index is 1160. The summed E-state index contributed by atoms with van der Waals surface area (Å²) in [5.41, 5.74) is 2.89. The van der Waals surface area contributed by atoms with Crippen LogP contribution in [0.1, 0.15) is 82.7 Å². The van der Waals surface area contributed by atoms with Crippen LogP contribution in [-0.4, -0.2) is 41.6 Å². The fourth-order valence-corrected chi connectivity index (χ4v) is 4.28. The number of allylic oxidation sites excluding steroid dienone is 1. The molecule has 0 saturated heterocycles. The van der Waals surface area contributed by atoms with E-state index in [1.54, 1.807) is 12.3 Å². The van der Waals surface area contributed by atoms with Crippen LogP contribution in [0.15, 0.2) is 47.4 Å². The first kappa shape index (κ1) is 29.4. The molecule has 0 aliphatic heterocycles. The summed E-state index contributed by atoms with van der Waals surface area (Å²) in [6.07, 6.45) is 8.45. The number of halogens is 2. The number of rotatable bonds is 12. The van der Waals surface area contributed by atoms with Gasteiger partial charge in [-0.05, 0) is 69.4 Å². The number of hydrogen-bond donors (Lipinski definition) is 2. The zero-order valence-corrected chi connectivity index (χ0v) is 23.4. The monoisotopic (exact) mass is 525 g/mol. The highest BCUT2D eigenvalue weighted by molar-refractivity contribution is 5.92. The van der Waals surface area contributed by atoms with Crippen molar-refractivity contribution in [3.8, 4) is 0 Å². The van der Waals surface area contributed by atoms with Crippen molar-refractivity contribution >= 4 is 17.8 Å². The maximum atomic E-state index is 14.7. The first-order chi connectivity index (χ1) is 18.1. The van der Waals surface area contributed by atoms with Crippen molar-refractivity contribution in [2.75, 3.05) is 18.9 Å². The summed E-state index contributed by atoms with van der Waals surface area (Å²) in [6.45, 7) is 11.0. The summed E-state index contributed by atoms with van der Waals surface area (Å²) < 4.78 is 29.1. The summed E-state index contributed by atoms with van der Waals surface area (Å²) >= 11 is 0. The second-order valence-corrected chi connectivity index (χ2v) is 10.5. The van der Waals surface area contributed by atoms with Crippen LogP contribution in [0.3, 0.4) is 0 Å². The van der Waals surface area contributed by atoms with E-state index >= 15 is 0 Å². The maximum absolute atomic E-state index is 14.7. The van der Waals surface area contributed by atoms with Gasteiger partial charge in [0.15, 0.2) is 0 Å². The second kappa shape index (κ2) is 13.6. The normalized spacial score (nSPS) is 16.0. The highest BCUT2D eigenvalue weighted by Gasteiger charge is 2.24. The number of nitrogens with one attached hydrogen (secondary N) is 2. The number of carbonyl (C=O) groups is 1. The summed E-state index contributed by atoms with van der Waals surface area (Å²) in [5.74, 6) is -0.564. The molecule has 1 amide bonds. The molecular weight excluding hydrogens is 484 g/mol. The Morgan fingerprint density at radius 2 is 1.92 bits per heavy atom. The van der Waals surface area contributed by atoms with Crippen LogP contribution in [0.4, 0.5) is 14.5 Å². The Labute approximate surface area is 225 Å². The molecule has 1 saturated carbocycles. The van der Waals surface area contributed by atoms with Crippen molar-refractivity contribution in [2.24, 2.45) is 10.9 Å². The molecule has 1 aliphatic carbocycles. The Morgan fingerprint density at radius 3 is 2.53 bits per heavy atom. The quantitative estimate of drug-likeness (QED) is 0.316. The number of nitrogens with zero attached hydrogens (tertiary/aromatic N) is 3. The number of anilines is 1. The summed E-state index contributed by atoms with van der Waals surface area (Å²) in [6, 6.07) is 5.46. The fourth-order valence-electron chi connectivity index (χ4n) is 4.28. The number of hydrogen-bond acceptors (Lipinski definition) is 5. The van der Waals surface area contributed by atoms with Crippen molar-refractivity contribution in [1.29, 1.82) is 0 Å². The van der Waals surface area contributed by atoms with Gasteiger partial charge in [-0.3, -0.25) is 14.8 Å². The van der Waals surface area contributed by atoms with E-state index in [1.165, 1.54) is 18.2 Å². The molecule has 0 bridgehead atoms. The molecule has 2 N–H and O–H groups in total. The van der Waals surface area contributed by atoms with Gasteiger partial charge in [0.2, 0.25) is 5.91 Å². The smallest absolute Gasteiger partial charge is 0.228 e. The lowest BCUT2D eigenvalue weighted by molar-refractivity contribution is -0.115. The third-order valence-corrected chi connectivity index (χ3v) is 6.93. The van der Waals surface area contributed by atoms with Crippen LogP contribution >= 0.6 is 0 Å². The van der Waals surface area contributed by atoms with Gasteiger partial charge in [0.1, 0.15) is 11.6 Å². The van der Waals surface area contributed by atoms with Crippen molar-refractivity contribution in [2.45, 2.75) is 78.3 Å². The van der Waals surface area contributed by atoms with Crippen molar-refractivity contribution in [3.05, 3.63) is 70.8 Å². The highest BCUT2D eigenvalue weighted by Crippen LogP contribution is 2.36. The average molecular weight is 526 g/mol. The lowest BCUT2D eigenvalue weighted by Gasteiger charge is -2.25. The molecule has 2 aromatic rings. The molecule has 1 aromatic heterocycles. The molecule has 1 unspecified atom stereocenters. The molecule has 206 valence electrons. The Morgan fingerprint density at radius 1 is 1.18 bits per heavy atom. The highest BCUT2D eigenvalue weighted by atomic mass is 19.1. The molecule has 1 heterocycles. The van der Waals surface area contributed by atoms with E-state index in [0.717, 1.165) is 31.5 Å². The lowest BCUT2D eigenvalue weighted by atomic mass is 9.82. The standard InChI is InChI=1S/C30H41F2N5O/c1-7-37(6)18-28(19(2)3)33-16-20(4)35-21(5)25-15-24(11-12-26(25)31)36-29(38)14-22-13-27(32)30(34-17-22)23-9-8-10-23/h11-13,15-21,23,35H,7-10,14H2,1-6H3,(H,36,38)/b28-18+,33-16?/t20?,21-/m0/s1. The summed E-state index contributed by atoms with van der Waals surface area (Å²) in [5, 5.41) is 6.16. The number of aliphatic imine (C=N–C) groups is 1. The van der Waals surface area contributed by atoms with Crippen molar-refractivity contribution in [1.82, 2.24) is 15.2 Å². The SMILES string of the molecule is CCN(C)/C=C(/N=CC(C)N[C@@H](C)c1cc(NC(=O)Cc2cnc(C3CCC3)c(F)c2)ccc1F)C(C)C. The Hall–Kier alpha value is -3.13. The van der Waals surface area contributed by atoms with E-state index in [0.29, 0.717) is 22.5 Å². The third kappa shape index (κ3) is 8.18. The van der Waals surface area contributed by atoms with E-state index in [-0.39, 0.29) is 47.9 Å². The number of benzene rings is 1. The van der Waals surface area contributed by atoms with Crippen LogP contribution in [0.5, 0.6) is 0 Å². The Balaban J connectivity index is 1.61. The van der Waals surface area contributed by atoms with Gasteiger partial charge in [-0.1, -0.05) is 20.3 Å². The maximum Gasteiger partial charge on any atom is 0.228 e. The predicted octanol–water partition coefficient (Wildman–Crippen LogP) is 6.37. The van der Waals surface area contributed by atoms with Gasteiger partial charge in [-0.15, -0.1) is 0 Å². The molecule has 1 fully saturated rings. The van der Waals surface area contributed by atoms with Gasteiger partial charge < -0.3 is 15.5 Å². The van der Waals surface area contributed by atoms with Gasteiger partial charge >= 0.3 is 0 Å². The minimum Gasteiger partial charge on any atom is -0.379 e. The van der Waals surface area contributed by atoms with Gasteiger partial charge in [0, 0.05) is 61.5 Å². The fraction of sp³-hybridized carbons (Fsp3) is 0.500. The van der Waals surface area contributed by atoms with Gasteiger partial charge in [-0.25, -0.2) is 8.78 Å². The molecule has 0 radical (unpaired) electrons. The Kier molecular flexibility index (Phi) is 10.5. The summed E-state index contributed by atoms with van der Waals surface area (Å²) in [7, 11) is 2.01. The number of pyridine rings is 1. The molecule has 1 aromatic carbocycles. The van der Waals surface area contributed by atoms with Gasteiger partial charge in [0.25, 0.3) is 0 Å². The molecule has 2 atom stereocenters. The van der Waals surface area contributed by atoms with E-state index in [2.05, 4.69) is 46.3 Å². The first-order valence-corrected chi connectivity index (χ1v) is 13.5. The summed E-state index contributed by atoms with van der Waals surface area (Å²) in [4.78, 5) is 23.6. The second-order valence-electron chi connectivity index (χ2n) is 10.5. The minimum absolute atomic E-state index is 0.0121. The van der Waals surface area contributed by atoms with Crippen LogP contribution < -0.4 is 10.6 Å². The molecular formula is C30H41F2N5O. The van der Waals surface area contributed by atoms with Crippen LogP contribution in [-0.2, 0) is 11.2 Å². The van der Waals surface area contributed by atoms with E-state index in [4.69, 9.17) is 0 Å². The van der Waals surface area contributed by atoms with Crippen molar-refractivity contribution in [3.63, 3.8) is 0 Å². The minimum atomic E-state index is -0.364. The molecule has 6 nitrogen and oxygen atoms in total. The average Bonchev–Trinajstić information content (AvgIpc) is 2.82. The van der Waals surface area contributed by atoms with Gasteiger partial charge in [0.05, 0.1) is 17.8 Å². The number of carbonyl (C=O) groups excluding carboxylic acids is 1. The number of aromatic nitrogens is 1. The van der Waals surface area contributed by atoms with Crippen molar-refractivity contribution < 1.29 is 13.6 Å². The molecule has 8 heteroatoms. The van der Waals surface area contributed by atoms with Crippen LogP contribution in [0, 0.1) is 17.6 Å². The zero-order chi connectivity index (χ0) is 27.8. The van der Waals surface area contributed by atoms with E-state index in [1.807, 2.05) is 33.3 Å². The molecule has 3 rings (SSSR count). The molecule has 1 aliphatic rings. The first-order valence-electron chi connectivity index (χ1n) is 13.5. The van der Waals surface area contributed by atoms with Crippen LogP contribution in [0.2, 0.25) is 0 Å². The molecule has 0 spiro atoms. The molecule has 38 heavy (non-hydrogen) atoms. The third-order valence-electron chi connectivity index (χ3n) is 6.93. The van der Waals surface area contributed by atoms with Crippen LogP contribution in [0.25, 0.3) is 0 Å².